The van der Waals surface area contributed by atoms with E-state index in [-0.39, 0.29) is 33.3 Å². The summed E-state index contributed by atoms with van der Waals surface area (Å²) >= 11 is 6.75. The van der Waals surface area contributed by atoms with Crippen LogP contribution in [0.25, 0.3) is 11.8 Å². The second kappa shape index (κ2) is 9.40. The van der Waals surface area contributed by atoms with E-state index in [9.17, 15) is 29.6 Å². The zero-order valence-electron chi connectivity index (χ0n) is 18.5. The Morgan fingerprint density at radius 2 is 1.89 bits per heavy atom. The van der Waals surface area contributed by atoms with Crippen molar-refractivity contribution in [2.24, 2.45) is 0 Å². The van der Waals surface area contributed by atoms with Gasteiger partial charge in [-0.2, -0.15) is 0 Å². The average molecular weight is 512 g/mol. The first-order valence-electron chi connectivity index (χ1n) is 10.3. The zero-order valence-corrected chi connectivity index (χ0v) is 20.1. The number of nitro groups is 1. The summed E-state index contributed by atoms with van der Waals surface area (Å²) in [6, 6.07) is 12.5. The number of carboxylic acids is 1. The second-order valence-electron chi connectivity index (χ2n) is 7.78. The number of carboxylic acid groups (broad SMARTS) is 1. The Morgan fingerprint density at radius 3 is 2.57 bits per heavy atom. The number of thioether (sulfide) groups is 1. The van der Waals surface area contributed by atoms with Crippen LogP contribution in [-0.2, 0) is 11.3 Å². The van der Waals surface area contributed by atoms with Gasteiger partial charge in [0.05, 0.1) is 27.0 Å². The van der Waals surface area contributed by atoms with E-state index in [0.717, 1.165) is 28.0 Å². The maximum Gasteiger partial charge on any atom is 0.337 e. The number of carbonyl (C=O) groups excluding carboxylic acids is 2. The molecule has 0 spiro atoms. The van der Waals surface area contributed by atoms with E-state index in [4.69, 9.17) is 11.6 Å². The number of hydrogen-bond donors (Lipinski definition) is 1. The number of hydrogen-bond acceptors (Lipinski definition) is 6. The molecule has 1 aliphatic heterocycles. The highest BCUT2D eigenvalue weighted by molar-refractivity contribution is 8.18. The number of aromatic carboxylic acids is 1. The van der Waals surface area contributed by atoms with Gasteiger partial charge in [-0.25, -0.2) is 4.79 Å². The van der Waals surface area contributed by atoms with E-state index >= 15 is 0 Å². The molecule has 4 rings (SSSR count). The molecule has 1 saturated heterocycles. The average Bonchev–Trinajstić information content (AvgIpc) is 3.23. The molecule has 3 aromatic rings. The number of amides is 2. The first kappa shape index (κ1) is 24.2. The van der Waals surface area contributed by atoms with Crippen molar-refractivity contribution < 1.29 is 24.4 Å². The molecule has 0 aliphatic carbocycles. The third kappa shape index (κ3) is 4.58. The fourth-order valence-electron chi connectivity index (χ4n) is 3.92. The van der Waals surface area contributed by atoms with Gasteiger partial charge in [-0.3, -0.25) is 24.6 Å². The van der Waals surface area contributed by atoms with E-state index in [1.165, 1.54) is 30.3 Å². The number of aromatic nitrogens is 1. The molecule has 0 saturated carbocycles. The standard InChI is InChI=1S/C24H18ClN3O6S/c1-13-9-16(14(2)27(13)17-7-8-19(25)18(11-17)23(30)31)10-21-22(29)26(24(32)35-21)12-15-5-3-4-6-20(15)28(33)34/h3-11H,12H2,1-2H3,(H,30,31)/b21-10-. The molecule has 11 heteroatoms. The lowest BCUT2D eigenvalue weighted by Crippen LogP contribution is -2.27. The van der Waals surface area contributed by atoms with Crippen molar-refractivity contribution in [2.45, 2.75) is 20.4 Å². The molecule has 0 unspecified atom stereocenters. The smallest absolute Gasteiger partial charge is 0.337 e. The van der Waals surface area contributed by atoms with Crippen molar-refractivity contribution in [1.29, 1.82) is 0 Å². The van der Waals surface area contributed by atoms with Crippen molar-refractivity contribution in [2.75, 3.05) is 0 Å². The number of benzene rings is 2. The highest BCUT2D eigenvalue weighted by atomic mass is 35.5. The number of para-hydroxylation sites is 1. The monoisotopic (exact) mass is 511 g/mol. The Bertz CT molecular complexity index is 1450. The molecule has 178 valence electrons. The molecule has 9 nitrogen and oxygen atoms in total. The minimum Gasteiger partial charge on any atom is -0.478 e. The largest absolute Gasteiger partial charge is 0.478 e. The van der Waals surface area contributed by atoms with Crippen LogP contribution in [-0.4, -0.2) is 36.6 Å². The Balaban J connectivity index is 1.66. The number of rotatable bonds is 6. The summed E-state index contributed by atoms with van der Waals surface area (Å²) < 4.78 is 1.83. The van der Waals surface area contributed by atoms with Crippen molar-refractivity contribution in [3.8, 4) is 5.69 Å². The topological polar surface area (TPSA) is 123 Å². The van der Waals surface area contributed by atoms with Crippen LogP contribution < -0.4 is 0 Å². The van der Waals surface area contributed by atoms with Crippen LogP contribution >= 0.6 is 23.4 Å². The molecular formula is C24H18ClN3O6S. The Labute approximate surface area is 208 Å². The number of imide groups is 1. The molecule has 0 atom stereocenters. The molecule has 2 heterocycles. The minimum absolute atomic E-state index is 0.0330. The van der Waals surface area contributed by atoms with E-state index in [2.05, 4.69) is 0 Å². The van der Waals surface area contributed by atoms with Gasteiger partial charge in [-0.1, -0.05) is 29.8 Å². The van der Waals surface area contributed by atoms with Crippen LogP contribution in [0.4, 0.5) is 10.5 Å². The number of nitrogens with zero attached hydrogens (tertiary/aromatic N) is 3. The van der Waals surface area contributed by atoms with Gasteiger partial charge in [-0.15, -0.1) is 0 Å². The van der Waals surface area contributed by atoms with Crippen molar-refractivity contribution in [3.05, 3.63) is 96.7 Å². The lowest BCUT2D eigenvalue weighted by molar-refractivity contribution is -0.385. The van der Waals surface area contributed by atoms with Crippen molar-refractivity contribution in [3.63, 3.8) is 0 Å². The molecule has 0 radical (unpaired) electrons. The molecule has 1 aliphatic rings. The van der Waals surface area contributed by atoms with E-state index in [0.29, 0.717) is 11.3 Å². The molecule has 1 fully saturated rings. The highest BCUT2D eigenvalue weighted by Gasteiger charge is 2.36. The normalized spacial score (nSPS) is 14.7. The summed E-state index contributed by atoms with van der Waals surface area (Å²) in [6.07, 6.45) is 1.59. The van der Waals surface area contributed by atoms with Gasteiger partial charge in [0, 0.05) is 28.7 Å². The fraction of sp³-hybridized carbons (Fsp3) is 0.125. The summed E-state index contributed by atoms with van der Waals surface area (Å²) in [7, 11) is 0. The van der Waals surface area contributed by atoms with E-state index in [1.54, 1.807) is 18.2 Å². The van der Waals surface area contributed by atoms with Gasteiger partial charge < -0.3 is 9.67 Å². The van der Waals surface area contributed by atoms with Crippen molar-refractivity contribution >= 4 is 52.2 Å². The fourth-order valence-corrected chi connectivity index (χ4v) is 4.95. The van der Waals surface area contributed by atoms with Crippen LogP contribution in [0.2, 0.25) is 5.02 Å². The van der Waals surface area contributed by atoms with Gasteiger partial charge in [0.1, 0.15) is 0 Å². The number of nitro benzene ring substituents is 1. The van der Waals surface area contributed by atoms with Gasteiger partial charge >= 0.3 is 5.97 Å². The summed E-state index contributed by atoms with van der Waals surface area (Å²) in [6.45, 7) is 3.44. The predicted molar refractivity (Wildman–Crippen MR) is 132 cm³/mol. The lowest BCUT2D eigenvalue weighted by Gasteiger charge is -2.12. The van der Waals surface area contributed by atoms with E-state index < -0.39 is 22.0 Å². The van der Waals surface area contributed by atoms with E-state index in [1.807, 2.05) is 24.5 Å². The van der Waals surface area contributed by atoms with Gasteiger partial charge in [0.25, 0.3) is 16.8 Å². The lowest BCUT2D eigenvalue weighted by atomic mass is 10.1. The first-order valence-corrected chi connectivity index (χ1v) is 11.5. The minimum atomic E-state index is -1.15. The summed E-state index contributed by atoms with van der Waals surface area (Å²) in [5, 5.41) is 20.3. The number of aryl methyl sites for hydroxylation is 1. The molecule has 2 aromatic carbocycles. The van der Waals surface area contributed by atoms with Crippen molar-refractivity contribution in [1.82, 2.24) is 9.47 Å². The Kier molecular flexibility index (Phi) is 6.51. The maximum atomic E-state index is 13.0. The molecule has 2 amide bonds. The molecule has 35 heavy (non-hydrogen) atoms. The van der Waals surface area contributed by atoms with Crippen LogP contribution in [0.1, 0.15) is 32.9 Å². The Morgan fingerprint density at radius 1 is 1.17 bits per heavy atom. The van der Waals surface area contributed by atoms with Crippen LogP contribution in [0.15, 0.2) is 53.4 Å². The van der Waals surface area contributed by atoms with Crippen LogP contribution in [0, 0.1) is 24.0 Å². The Hall–Kier alpha value is -3.89. The summed E-state index contributed by atoms with van der Waals surface area (Å²) in [5.41, 5.74) is 2.84. The number of halogens is 1. The van der Waals surface area contributed by atoms with Crippen LogP contribution in [0.5, 0.6) is 0 Å². The third-order valence-electron chi connectivity index (χ3n) is 5.59. The highest BCUT2D eigenvalue weighted by Crippen LogP contribution is 2.36. The van der Waals surface area contributed by atoms with Gasteiger partial charge in [-0.05, 0) is 61.5 Å². The summed E-state index contributed by atoms with van der Waals surface area (Å²) in [5.74, 6) is -1.69. The quantitative estimate of drug-likeness (QED) is 0.260. The first-order chi connectivity index (χ1) is 16.6. The molecule has 0 bridgehead atoms. The third-order valence-corrected chi connectivity index (χ3v) is 6.82. The zero-order chi connectivity index (χ0) is 25.4. The van der Waals surface area contributed by atoms with Crippen LogP contribution in [0.3, 0.4) is 0 Å². The molecule has 1 aromatic heterocycles. The predicted octanol–water partition coefficient (Wildman–Crippen LogP) is 5.59. The van der Waals surface area contributed by atoms with Gasteiger partial charge in [0.15, 0.2) is 0 Å². The molecule has 1 N–H and O–H groups in total. The molecular weight excluding hydrogens is 494 g/mol. The SMILES string of the molecule is Cc1cc(/C=C2\SC(=O)N(Cc3ccccc3[N+](=O)[O-])C2=O)c(C)n1-c1ccc(Cl)c(C(=O)O)c1. The summed E-state index contributed by atoms with van der Waals surface area (Å²) in [4.78, 5) is 49.0. The maximum absolute atomic E-state index is 13.0. The second-order valence-corrected chi connectivity index (χ2v) is 9.19. The number of carbonyl (C=O) groups is 3. The van der Waals surface area contributed by atoms with Gasteiger partial charge in [0.2, 0.25) is 0 Å².